The van der Waals surface area contributed by atoms with Crippen molar-refractivity contribution in [3.8, 4) is 0 Å². The van der Waals surface area contributed by atoms with Crippen molar-refractivity contribution in [2.45, 2.75) is 51.0 Å². The fraction of sp³-hybridized carbons (Fsp3) is 0.692. The lowest BCUT2D eigenvalue weighted by Crippen LogP contribution is -2.34. The molecule has 15 heavy (non-hydrogen) atoms. The molecule has 1 saturated carbocycles. The quantitative estimate of drug-likeness (QED) is 0.826. The van der Waals surface area contributed by atoms with Gasteiger partial charge in [0.15, 0.2) is 0 Å². The first-order valence-electron chi connectivity index (χ1n) is 6.09. The molecule has 3 atom stereocenters. The lowest BCUT2D eigenvalue weighted by molar-refractivity contribution is 0.273. The minimum Gasteiger partial charge on any atom is -0.472 e. The first kappa shape index (κ1) is 10.7. The van der Waals surface area contributed by atoms with E-state index in [9.17, 15) is 0 Å². The lowest BCUT2D eigenvalue weighted by Gasteiger charge is -2.33. The van der Waals surface area contributed by atoms with E-state index in [0.717, 1.165) is 5.92 Å². The van der Waals surface area contributed by atoms with E-state index in [2.05, 4.69) is 13.0 Å². The highest BCUT2D eigenvalue weighted by Crippen LogP contribution is 2.37. The van der Waals surface area contributed by atoms with Crippen LogP contribution in [0.3, 0.4) is 0 Å². The molecule has 84 valence electrons. The Hall–Kier alpha value is -0.760. The van der Waals surface area contributed by atoms with E-state index in [0.29, 0.717) is 12.0 Å². The Bertz CT molecular complexity index is 281. The summed E-state index contributed by atoms with van der Waals surface area (Å²) < 4.78 is 5.16. The topological polar surface area (TPSA) is 39.2 Å². The normalized spacial score (nSPS) is 31.7. The second-order valence-corrected chi connectivity index (χ2v) is 4.79. The smallest absolute Gasteiger partial charge is 0.0937 e. The molecule has 0 amide bonds. The summed E-state index contributed by atoms with van der Waals surface area (Å²) in [5.74, 6) is 1.39. The molecule has 1 aromatic heterocycles. The molecule has 2 heteroatoms. The van der Waals surface area contributed by atoms with Gasteiger partial charge in [0.1, 0.15) is 0 Å². The summed E-state index contributed by atoms with van der Waals surface area (Å²) in [6.45, 7) is 2.27. The van der Waals surface area contributed by atoms with Gasteiger partial charge in [-0.25, -0.2) is 0 Å². The molecule has 0 radical (unpaired) electrons. The Labute approximate surface area is 91.8 Å². The van der Waals surface area contributed by atoms with Gasteiger partial charge in [-0.2, -0.15) is 0 Å². The predicted molar refractivity (Wildman–Crippen MR) is 61.7 cm³/mol. The molecule has 2 N–H and O–H groups in total. The highest BCUT2D eigenvalue weighted by molar-refractivity contribution is 5.16. The molecule has 0 spiro atoms. The molecule has 0 aliphatic heterocycles. The van der Waals surface area contributed by atoms with Crippen LogP contribution in [0.2, 0.25) is 0 Å². The molecule has 1 aliphatic carbocycles. The third-order valence-electron chi connectivity index (χ3n) is 3.68. The molecule has 1 fully saturated rings. The Morgan fingerprint density at radius 1 is 1.47 bits per heavy atom. The van der Waals surface area contributed by atoms with E-state index >= 15 is 0 Å². The Morgan fingerprint density at radius 2 is 2.33 bits per heavy atom. The van der Waals surface area contributed by atoms with E-state index in [-0.39, 0.29) is 0 Å². The summed E-state index contributed by atoms with van der Waals surface area (Å²) in [6, 6.07) is 2.40. The van der Waals surface area contributed by atoms with Crippen molar-refractivity contribution >= 4 is 0 Å². The third kappa shape index (κ3) is 2.43. The van der Waals surface area contributed by atoms with Crippen molar-refractivity contribution in [2.75, 3.05) is 0 Å². The van der Waals surface area contributed by atoms with Crippen molar-refractivity contribution in [1.29, 1.82) is 0 Å². The minimum absolute atomic E-state index is 0.329. The average Bonchev–Trinajstić information content (AvgIpc) is 2.74. The summed E-state index contributed by atoms with van der Waals surface area (Å²) in [5, 5.41) is 0. The van der Waals surface area contributed by atoms with Gasteiger partial charge in [0.25, 0.3) is 0 Å². The SMILES string of the molecule is CCCC1CCC(N)C(c2ccoc2)C1. The van der Waals surface area contributed by atoms with E-state index in [1.165, 1.54) is 37.7 Å². The maximum atomic E-state index is 6.19. The largest absolute Gasteiger partial charge is 0.472 e. The average molecular weight is 207 g/mol. The summed E-state index contributed by atoms with van der Waals surface area (Å²) in [4.78, 5) is 0. The van der Waals surface area contributed by atoms with Gasteiger partial charge in [0, 0.05) is 12.0 Å². The van der Waals surface area contributed by atoms with Crippen LogP contribution < -0.4 is 5.73 Å². The van der Waals surface area contributed by atoms with Gasteiger partial charge in [-0.15, -0.1) is 0 Å². The van der Waals surface area contributed by atoms with Crippen LogP contribution in [-0.4, -0.2) is 6.04 Å². The van der Waals surface area contributed by atoms with Crippen LogP contribution in [0.15, 0.2) is 23.0 Å². The first-order chi connectivity index (χ1) is 7.31. The number of hydrogen-bond acceptors (Lipinski definition) is 2. The Kier molecular flexibility index (Phi) is 3.47. The van der Waals surface area contributed by atoms with Gasteiger partial charge in [0.2, 0.25) is 0 Å². The zero-order valence-electron chi connectivity index (χ0n) is 9.49. The van der Waals surface area contributed by atoms with E-state index in [1.807, 2.05) is 6.26 Å². The zero-order chi connectivity index (χ0) is 10.7. The lowest BCUT2D eigenvalue weighted by atomic mass is 9.74. The van der Waals surface area contributed by atoms with Crippen molar-refractivity contribution in [3.05, 3.63) is 24.2 Å². The van der Waals surface area contributed by atoms with Crippen molar-refractivity contribution in [1.82, 2.24) is 0 Å². The molecule has 3 unspecified atom stereocenters. The van der Waals surface area contributed by atoms with E-state index in [4.69, 9.17) is 10.2 Å². The number of rotatable bonds is 3. The number of hydrogen-bond donors (Lipinski definition) is 1. The van der Waals surface area contributed by atoms with Gasteiger partial charge < -0.3 is 10.2 Å². The molecule has 1 aromatic rings. The van der Waals surface area contributed by atoms with Crippen molar-refractivity contribution in [3.63, 3.8) is 0 Å². The van der Waals surface area contributed by atoms with Crippen LogP contribution in [0.25, 0.3) is 0 Å². The van der Waals surface area contributed by atoms with Crippen LogP contribution in [0.4, 0.5) is 0 Å². The zero-order valence-corrected chi connectivity index (χ0v) is 9.49. The van der Waals surface area contributed by atoms with Crippen LogP contribution in [0.1, 0.15) is 50.5 Å². The van der Waals surface area contributed by atoms with Crippen LogP contribution in [0, 0.1) is 5.92 Å². The van der Waals surface area contributed by atoms with Crippen molar-refractivity contribution < 1.29 is 4.42 Å². The molecule has 1 heterocycles. The summed E-state index contributed by atoms with van der Waals surface area (Å²) in [7, 11) is 0. The number of nitrogens with two attached hydrogens (primary N) is 1. The van der Waals surface area contributed by atoms with Gasteiger partial charge >= 0.3 is 0 Å². The number of furan rings is 1. The molecular weight excluding hydrogens is 186 g/mol. The van der Waals surface area contributed by atoms with Gasteiger partial charge in [0.05, 0.1) is 12.5 Å². The predicted octanol–water partition coefficient (Wildman–Crippen LogP) is 3.29. The van der Waals surface area contributed by atoms with Crippen LogP contribution in [0.5, 0.6) is 0 Å². The van der Waals surface area contributed by atoms with E-state index in [1.54, 1.807) is 6.26 Å². The van der Waals surface area contributed by atoms with Crippen LogP contribution in [-0.2, 0) is 0 Å². The van der Waals surface area contributed by atoms with Crippen molar-refractivity contribution in [2.24, 2.45) is 11.7 Å². The maximum absolute atomic E-state index is 6.19. The van der Waals surface area contributed by atoms with E-state index < -0.39 is 0 Å². The van der Waals surface area contributed by atoms with Crippen LogP contribution >= 0.6 is 0 Å². The summed E-state index contributed by atoms with van der Waals surface area (Å²) in [6.07, 6.45) is 9.97. The summed E-state index contributed by atoms with van der Waals surface area (Å²) >= 11 is 0. The fourth-order valence-electron chi connectivity index (χ4n) is 2.82. The Morgan fingerprint density at radius 3 is 3.00 bits per heavy atom. The molecule has 1 aliphatic rings. The Balaban J connectivity index is 2.02. The third-order valence-corrected chi connectivity index (χ3v) is 3.68. The van der Waals surface area contributed by atoms with Gasteiger partial charge in [-0.3, -0.25) is 0 Å². The monoisotopic (exact) mass is 207 g/mol. The fourth-order valence-corrected chi connectivity index (χ4v) is 2.82. The molecule has 2 nitrogen and oxygen atoms in total. The van der Waals surface area contributed by atoms with Gasteiger partial charge in [-0.05, 0) is 36.8 Å². The molecule has 0 aromatic carbocycles. The first-order valence-corrected chi connectivity index (χ1v) is 6.09. The molecule has 0 saturated heterocycles. The summed E-state index contributed by atoms with van der Waals surface area (Å²) in [5.41, 5.74) is 7.48. The minimum atomic E-state index is 0.329. The highest BCUT2D eigenvalue weighted by Gasteiger charge is 2.29. The maximum Gasteiger partial charge on any atom is 0.0937 e. The second kappa shape index (κ2) is 4.84. The second-order valence-electron chi connectivity index (χ2n) is 4.79. The highest BCUT2D eigenvalue weighted by atomic mass is 16.3. The molecule has 0 bridgehead atoms. The molecular formula is C13H21NO. The van der Waals surface area contributed by atoms with Gasteiger partial charge in [-0.1, -0.05) is 19.8 Å². The standard InChI is InChI=1S/C13H21NO/c1-2-3-10-4-5-13(14)12(8-10)11-6-7-15-9-11/h6-7,9-10,12-13H,2-5,8,14H2,1H3. The molecule has 2 rings (SSSR count).